The van der Waals surface area contributed by atoms with Crippen molar-refractivity contribution in [3.8, 4) is 0 Å². The second-order valence-corrected chi connectivity index (χ2v) is 7.49. The first-order valence-electron chi connectivity index (χ1n) is 9.46. The zero-order valence-electron chi connectivity index (χ0n) is 16.7. The van der Waals surface area contributed by atoms with E-state index in [4.69, 9.17) is 9.72 Å². The minimum atomic E-state index is -0.375. The van der Waals surface area contributed by atoms with Gasteiger partial charge in [0, 0.05) is 32.9 Å². The van der Waals surface area contributed by atoms with E-state index in [1.807, 2.05) is 16.7 Å². The van der Waals surface area contributed by atoms with Gasteiger partial charge in [0.1, 0.15) is 0 Å². The van der Waals surface area contributed by atoms with Gasteiger partial charge in [-0.05, 0) is 24.5 Å². The van der Waals surface area contributed by atoms with Crippen LogP contribution in [0.2, 0.25) is 0 Å². The smallest absolute Gasteiger partial charge is 0.332 e. The lowest BCUT2D eigenvalue weighted by Crippen LogP contribution is -2.41. The maximum atomic E-state index is 13.2. The number of nitrogens with zero attached hydrogens (tertiary/aromatic N) is 5. The Morgan fingerprint density at radius 3 is 2.68 bits per heavy atom. The molecule has 0 radical (unpaired) electrons. The van der Waals surface area contributed by atoms with Crippen molar-refractivity contribution >= 4 is 22.8 Å². The van der Waals surface area contributed by atoms with E-state index in [2.05, 4.69) is 30.9 Å². The lowest BCUT2D eigenvalue weighted by molar-refractivity contribution is 0.184. The molecule has 0 unspecified atom stereocenters. The van der Waals surface area contributed by atoms with Crippen LogP contribution in [0.5, 0.6) is 0 Å². The second kappa shape index (κ2) is 6.94. The quantitative estimate of drug-likeness (QED) is 0.685. The highest BCUT2D eigenvalue weighted by Crippen LogP contribution is 2.34. The zero-order valence-corrected chi connectivity index (χ0v) is 16.7. The average molecular weight is 383 g/mol. The Bertz CT molecular complexity index is 1160. The Balaban J connectivity index is 2.00. The number of benzene rings is 1. The van der Waals surface area contributed by atoms with Gasteiger partial charge in [-0.2, -0.15) is 4.98 Å². The van der Waals surface area contributed by atoms with Crippen LogP contribution in [0.4, 0.5) is 11.6 Å². The Labute approximate surface area is 162 Å². The van der Waals surface area contributed by atoms with Crippen molar-refractivity contribution in [3.63, 3.8) is 0 Å². The summed E-state index contributed by atoms with van der Waals surface area (Å²) in [7, 11) is 3.21. The standard InChI is InChI=1S/C20H25N5O3/c1-13-11-24(15-8-6-5-7-14(15)2)19-21-17-16(25(19)12-13)18(26)23(9-10-28-4)20(27)22(17)3/h5-8,13H,9-12H2,1-4H3/t13-/m0/s1. The zero-order chi connectivity index (χ0) is 20.0. The highest BCUT2D eigenvalue weighted by atomic mass is 16.5. The fraction of sp³-hybridized carbons (Fsp3) is 0.450. The largest absolute Gasteiger partial charge is 0.383 e. The predicted octanol–water partition coefficient (Wildman–Crippen LogP) is 1.64. The molecule has 8 nitrogen and oxygen atoms in total. The van der Waals surface area contributed by atoms with E-state index in [0.717, 1.165) is 17.8 Å². The fourth-order valence-corrected chi connectivity index (χ4v) is 3.95. The number of fused-ring (bicyclic) bond motifs is 3. The number of aromatic nitrogens is 4. The van der Waals surface area contributed by atoms with Gasteiger partial charge in [0.2, 0.25) is 5.95 Å². The van der Waals surface area contributed by atoms with E-state index in [0.29, 0.717) is 36.2 Å². The van der Waals surface area contributed by atoms with Gasteiger partial charge in [0.25, 0.3) is 5.56 Å². The summed E-state index contributed by atoms with van der Waals surface area (Å²) in [5.74, 6) is 1.03. The number of para-hydroxylation sites is 1. The van der Waals surface area contributed by atoms with Gasteiger partial charge < -0.3 is 14.2 Å². The molecule has 3 aromatic rings. The SMILES string of the molecule is COCCn1c(=O)c2c(nc3n2C[C@@H](C)CN3c2ccccc2C)n(C)c1=O. The monoisotopic (exact) mass is 383 g/mol. The molecule has 2 aromatic heterocycles. The molecule has 0 amide bonds. The van der Waals surface area contributed by atoms with Gasteiger partial charge in [-0.3, -0.25) is 13.9 Å². The third kappa shape index (κ3) is 2.75. The molecular formula is C20H25N5O3. The van der Waals surface area contributed by atoms with E-state index in [9.17, 15) is 9.59 Å². The lowest BCUT2D eigenvalue weighted by atomic mass is 10.1. The molecule has 28 heavy (non-hydrogen) atoms. The summed E-state index contributed by atoms with van der Waals surface area (Å²) in [6.07, 6.45) is 0. The van der Waals surface area contributed by atoms with Gasteiger partial charge in [-0.25, -0.2) is 4.79 Å². The summed E-state index contributed by atoms with van der Waals surface area (Å²) in [4.78, 5) is 32.8. The van der Waals surface area contributed by atoms with Crippen molar-refractivity contribution < 1.29 is 4.74 Å². The van der Waals surface area contributed by atoms with Gasteiger partial charge in [0.05, 0.1) is 13.2 Å². The summed E-state index contributed by atoms with van der Waals surface area (Å²) in [5.41, 5.74) is 2.41. The van der Waals surface area contributed by atoms with Crippen LogP contribution in [0.25, 0.3) is 11.2 Å². The van der Waals surface area contributed by atoms with Crippen LogP contribution >= 0.6 is 0 Å². The Kier molecular flexibility index (Phi) is 4.58. The fourth-order valence-electron chi connectivity index (χ4n) is 3.95. The topological polar surface area (TPSA) is 74.3 Å². The molecule has 0 aliphatic carbocycles. The summed E-state index contributed by atoms with van der Waals surface area (Å²) in [6, 6.07) is 8.14. The number of ether oxygens (including phenoxy) is 1. The predicted molar refractivity (Wildman–Crippen MR) is 108 cm³/mol. The van der Waals surface area contributed by atoms with Crippen molar-refractivity contribution in [1.29, 1.82) is 0 Å². The molecule has 3 heterocycles. The number of hydrogen-bond donors (Lipinski definition) is 0. The first-order chi connectivity index (χ1) is 13.4. The molecule has 0 saturated heterocycles. The normalized spacial score (nSPS) is 16.6. The maximum Gasteiger partial charge on any atom is 0.332 e. The number of aryl methyl sites for hydroxylation is 2. The Morgan fingerprint density at radius 2 is 1.96 bits per heavy atom. The number of rotatable bonds is 4. The highest BCUT2D eigenvalue weighted by molar-refractivity contribution is 5.77. The molecule has 0 spiro atoms. The van der Waals surface area contributed by atoms with Crippen molar-refractivity contribution in [2.24, 2.45) is 13.0 Å². The molecule has 148 valence electrons. The minimum Gasteiger partial charge on any atom is -0.383 e. The first-order valence-corrected chi connectivity index (χ1v) is 9.46. The van der Waals surface area contributed by atoms with Crippen LogP contribution in [-0.4, -0.2) is 38.9 Å². The van der Waals surface area contributed by atoms with Gasteiger partial charge in [-0.15, -0.1) is 0 Å². The summed E-state index contributed by atoms with van der Waals surface area (Å²) >= 11 is 0. The van der Waals surface area contributed by atoms with Crippen molar-refractivity contribution in [2.45, 2.75) is 26.9 Å². The number of methoxy groups -OCH3 is 1. The molecule has 8 heteroatoms. The minimum absolute atomic E-state index is 0.218. The molecule has 0 N–H and O–H groups in total. The highest BCUT2D eigenvalue weighted by Gasteiger charge is 2.30. The van der Waals surface area contributed by atoms with E-state index in [-0.39, 0.29) is 17.8 Å². The van der Waals surface area contributed by atoms with Crippen LogP contribution in [0, 0.1) is 12.8 Å². The van der Waals surface area contributed by atoms with Gasteiger partial charge in [0.15, 0.2) is 11.2 Å². The molecular weight excluding hydrogens is 358 g/mol. The maximum absolute atomic E-state index is 13.2. The molecule has 0 fully saturated rings. The molecule has 1 aliphatic rings. The van der Waals surface area contributed by atoms with E-state index < -0.39 is 0 Å². The third-order valence-corrected chi connectivity index (χ3v) is 5.37. The Hall–Kier alpha value is -2.87. The van der Waals surface area contributed by atoms with Crippen LogP contribution in [-0.2, 0) is 24.9 Å². The van der Waals surface area contributed by atoms with Crippen molar-refractivity contribution in [2.75, 3.05) is 25.2 Å². The number of hydrogen-bond acceptors (Lipinski definition) is 5. The van der Waals surface area contributed by atoms with Crippen LogP contribution in [0.3, 0.4) is 0 Å². The summed E-state index contributed by atoms with van der Waals surface area (Å²) in [5, 5.41) is 0. The molecule has 1 aliphatic heterocycles. The van der Waals surface area contributed by atoms with Gasteiger partial charge in [-0.1, -0.05) is 25.1 Å². The van der Waals surface area contributed by atoms with E-state index >= 15 is 0 Å². The molecule has 1 atom stereocenters. The number of imidazole rings is 1. The number of anilines is 2. The first kappa shape index (κ1) is 18.5. The van der Waals surface area contributed by atoms with Crippen LogP contribution in [0.15, 0.2) is 33.9 Å². The van der Waals surface area contributed by atoms with Crippen molar-refractivity contribution in [3.05, 3.63) is 50.7 Å². The molecule has 0 bridgehead atoms. The average Bonchev–Trinajstić information content (AvgIpc) is 3.06. The van der Waals surface area contributed by atoms with E-state index in [1.165, 1.54) is 9.13 Å². The molecule has 4 rings (SSSR count). The second-order valence-electron chi connectivity index (χ2n) is 7.49. The summed E-state index contributed by atoms with van der Waals surface area (Å²) < 4.78 is 9.72. The van der Waals surface area contributed by atoms with Crippen molar-refractivity contribution in [1.82, 2.24) is 18.7 Å². The molecule has 1 aromatic carbocycles. The van der Waals surface area contributed by atoms with E-state index in [1.54, 1.807) is 14.2 Å². The van der Waals surface area contributed by atoms with Crippen LogP contribution < -0.4 is 16.1 Å². The Morgan fingerprint density at radius 1 is 1.21 bits per heavy atom. The van der Waals surface area contributed by atoms with Crippen LogP contribution in [0.1, 0.15) is 12.5 Å². The molecule has 0 saturated carbocycles. The lowest BCUT2D eigenvalue weighted by Gasteiger charge is -2.33. The van der Waals surface area contributed by atoms with Gasteiger partial charge >= 0.3 is 5.69 Å². The third-order valence-electron chi connectivity index (χ3n) is 5.37. The summed E-state index contributed by atoms with van der Waals surface area (Å²) in [6.45, 7) is 6.23.